The minimum Gasteiger partial charge on any atom is -0.482 e. The zero-order valence-corrected chi connectivity index (χ0v) is 15.5. The quantitative estimate of drug-likeness (QED) is 0.587. The van der Waals surface area contributed by atoms with Crippen molar-refractivity contribution >= 4 is 27.2 Å². The number of rotatable bonds is 3. The largest absolute Gasteiger partial charge is 0.482 e. The Labute approximate surface area is 157 Å². The standard InChI is InChI=1S/C19H17FN4O2S/c1-10-6-7-11-14(8-10)27-18-16(11)17-21-15(23-24(17)19(25)22-18)9-26-13-5-3-2-4-12(13)20/h2-5,10H,6-9H2,1H3,(H,22,25)/t10-/m0/s1. The number of H-pyrrole nitrogens is 1. The first-order chi connectivity index (χ1) is 13.1. The summed E-state index contributed by atoms with van der Waals surface area (Å²) in [5.74, 6) is 0.691. The van der Waals surface area contributed by atoms with Gasteiger partial charge in [0.25, 0.3) is 0 Å². The van der Waals surface area contributed by atoms with E-state index in [2.05, 4.69) is 22.0 Å². The van der Waals surface area contributed by atoms with Gasteiger partial charge in [-0.3, -0.25) is 4.98 Å². The maximum absolute atomic E-state index is 13.7. The number of para-hydroxylation sites is 1. The Morgan fingerprint density at radius 2 is 2.26 bits per heavy atom. The minimum atomic E-state index is -0.442. The molecular weight excluding hydrogens is 367 g/mol. The topological polar surface area (TPSA) is 72.3 Å². The molecule has 0 aliphatic heterocycles. The van der Waals surface area contributed by atoms with Crippen LogP contribution in [0.25, 0.3) is 15.9 Å². The Kier molecular flexibility index (Phi) is 3.75. The summed E-state index contributed by atoms with van der Waals surface area (Å²) < 4.78 is 20.5. The lowest BCUT2D eigenvalue weighted by atomic mass is 9.89. The molecule has 1 aliphatic carbocycles. The maximum atomic E-state index is 13.7. The average Bonchev–Trinajstić information content (AvgIpc) is 3.21. The van der Waals surface area contributed by atoms with E-state index in [4.69, 9.17) is 4.74 Å². The highest BCUT2D eigenvalue weighted by Crippen LogP contribution is 2.38. The van der Waals surface area contributed by atoms with E-state index in [0.717, 1.165) is 29.5 Å². The number of nitrogens with one attached hydrogen (secondary N) is 1. The van der Waals surface area contributed by atoms with E-state index in [9.17, 15) is 9.18 Å². The Bertz CT molecular complexity index is 1230. The number of thiophene rings is 1. The van der Waals surface area contributed by atoms with Crippen LogP contribution in [0.4, 0.5) is 4.39 Å². The molecule has 1 aliphatic rings. The highest BCUT2D eigenvalue weighted by molar-refractivity contribution is 7.19. The summed E-state index contributed by atoms with van der Waals surface area (Å²) in [7, 11) is 0. The summed E-state index contributed by atoms with van der Waals surface area (Å²) in [6, 6.07) is 6.18. The van der Waals surface area contributed by atoms with Gasteiger partial charge in [0.2, 0.25) is 0 Å². The van der Waals surface area contributed by atoms with Crippen LogP contribution in [0.1, 0.15) is 29.6 Å². The zero-order chi connectivity index (χ0) is 18.5. The van der Waals surface area contributed by atoms with Crippen LogP contribution in [0.5, 0.6) is 5.75 Å². The Morgan fingerprint density at radius 1 is 1.41 bits per heavy atom. The Hall–Kier alpha value is -2.74. The highest BCUT2D eigenvalue weighted by Gasteiger charge is 2.24. The van der Waals surface area contributed by atoms with Crippen molar-refractivity contribution in [2.45, 2.75) is 32.8 Å². The van der Waals surface area contributed by atoms with Crippen LogP contribution >= 0.6 is 11.3 Å². The van der Waals surface area contributed by atoms with E-state index in [1.54, 1.807) is 29.5 Å². The summed E-state index contributed by atoms with van der Waals surface area (Å²) in [6.07, 6.45) is 3.13. The lowest BCUT2D eigenvalue weighted by Gasteiger charge is -2.17. The molecule has 1 aromatic carbocycles. The summed E-state index contributed by atoms with van der Waals surface area (Å²) in [5.41, 5.74) is 1.49. The number of fused-ring (bicyclic) bond motifs is 5. The highest BCUT2D eigenvalue weighted by atomic mass is 32.1. The Morgan fingerprint density at radius 3 is 3.11 bits per heavy atom. The number of nitrogens with zero attached hydrogens (tertiary/aromatic N) is 3. The first-order valence-corrected chi connectivity index (χ1v) is 9.71. The normalized spacial score (nSPS) is 16.7. The third-order valence-corrected chi connectivity index (χ3v) is 6.16. The number of ether oxygens (including phenoxy) is 1. The van der Waals surface area contributed by atoms with E-state index in [0.29, 0.717) is 17.4 Å². The van der Waals surface area contributed by atoms with Crippen LogP contribution in [-0.2, 0) is 19.4 Å². The van der Waals surface area contributed by atoms with Crippen LogP contribution in [0, 0.1) is 11.7 Å². The molecule has 0 radical (unpaired) electrons. The number of hydrogen-bond acceptors (Lipinski definition) is 5. The molecule has 0 saturated heterocycles. The van der Waals surface area contributed by atoms with E-state index in [-0.39, 0.29) is 18.0 Å². The third-order valence-electron chi connectivity index (χ3n) is 4.99. The van der Waals surface area contributed by atoms with E-state index < -0.39 is 5.82 Å². The first-order valence-electron chi connectivity index (χ1n) is 8.89. The SMILES string of the molecule is C[C@H]1CCc2c(sc3[nH]c(=O)n4nc(COc5ccccc5F)nc4c23)C1. The molecule has 1 atom stereocenters. The molecule has 0 saturated carbocycles. The second-order valence-corrected chi connectivity index (χ2v) is 8.07. The average molecular weight is 384 g/mol. The zero-order valence-electron chi connectivity index (χ0n) is 14.7. The number of hydrogen-bond donors (Lipinski definition) is 1. The number of aryl methyl sites for hydroxylation is 1. The molecule has 4 aromatic rings. The summed E-state index contributed by atoms with van der Waals surface area (Å²) >= 11 is 1.64. The maximum Gasteiger partial charge on any atom is 0.349 e. The van der Waals surface area contributed by atoms with Crippen molar-refractivity contribution < 1.29 is 9.13 Å². The van der Waals surface area contributed by atoms with Gasteiger partial charge in [-0.05, 0) is 42.9 Å². The Balaban J connectivity index is 1.58. The van der Waals surface area contributed by atoms with E-state index in [1.165, 1.54) is 21.0 Å². The molecule has 3 aromatic heterocycles. The van der Waals surface area contributed by atoms with Crippen molar-refractivity contribution in [2.75, 3.05) is 0 Å². The minimum absolute atomic E-state index is 0.00704. The van der Waals surface area contributed by atoms with Crippen LogP contribution < -0.4 is 10.4 Å². The van der Waals surface area contributed by atoms with Crippen molar-refractivity contribution in [2.24, 2.45) is 5.92 Å². The summed E-state index contributed by atoms with van der Waals surface area (Å²) in [6.45, 7) is 2.24. The molecule has 0 fully saturated rings. The van der Waals surface area contributed by atoms with Crippen molar-refractivity contribution in [1.82, 2.24) is 19.6 Å². The number of aromatic amines is 1. The summed E-state index contributed by atoms with van der Waals surface area (Å²) in [5, 5.41) is 5.25. The smallest absolute Gasteiger partial charge is 0.349 e. The van der Waals surface area contributed by atoms with Gasteiger partial charge in [-0.15, -0.1) is 16.4 Å². The number of aromatic nitrogens is 4. The fourth-order valence-corrected chi connectivity index (χ4v) is 5.05. The lowest BCUT2D eigenvalue weighted by Crippen LogP contribution is -2.17. The molecule has 138 valence electrons. The van der Waals surface area contributed by atoms with E-state index >= 15 is 0 Å². The van der Waals surface area contributed by atoms with Crippen molar-refractivity contribution in [3.8, 4) is 5.75 Å². The molecule has 0 bridgehead atoms. The van der Waals surface area contributed by atoms with Crippen molar-refractivity contribution in [3.63, 3.8) is 0 Å². The van der Waals surface area contributed by atoms with Crippen LogP contribution in [0.15, 0.2) is 29.1 Å². The molecular formula is C19H17FN4O2S. The first kappa shape index (κ1) is 16.4. The second kappa shape index (κ2) is 6.16. The molecule has 6 nitrogen and oxygen atoms in total. The summed E-state index contributed by atoms with van der Waals surface area (Å²) in [4.78, 5) is 22.0. The van der Waals surface area contributed by atoms with Gasteiger partial charge in [-0.2, -0.15) is 4.52 Å². The molecule has 0 spiro atoms. The van der Waals surface area contributed by atoms with Crippen LogP contribution in [-0.4, -0.2) is 19.6 Å². The van der Waals surface area contributed by atoms with Crippen molar-refractivity contribution in [3.05, 3.63) is 56.8 Å². The lowest BCUT2D eigenvalue weighted by molar-refractivity contribution is 0.281. The monoisotopic (exact) mass is 384 g/mol. The molecule has 8 heteroatoms. The van der Waals surface area contributed by atoms with Gasteiger partial charge in [0.05, 0.1) is 5.39 Å². The van der Waals surface area contributed by atoms with Gasteiger partial charge in [0, 0.05) is 4.88 Å². The van der Waals surface area contributed by atoms with Gasteiger partial charge in [0.1, 0.15) is 11.4 Å². The third kappa shape index (κ3) is 2.71. The van der Waals surface area contributed by atoms with Gasteiger partial charge in [0.15, 0.2) is 23.0 Å². The number of benzene rings is 1. The number of halogens is 1. The fourth-order valence-electron chi connectivity index (χ4n) is 3.65. The van der Waals surface area contributed by atoms with Gasteiger partial charge >= 0.3 is 5.69 Å². The molecule has 5 rings (SSSR count). The molecule has 27 heavy (non-hydrogen) atoms. The second-order valence-electron chi connectivity index (χ2n) is 6.97. The van der Waals surface area contributed by atoms with E-state index in [1.807, 2.05) is 0 Å². The van der Waals surface area contributed by atoms with Gasteiger partial charge < -0.3 is 4.74 Å². The molecule has 0 unspecified atom stereocenters. The van der Waals surface area contributed by atoms with Gasteiger partial charge in [-0.25, -0.2) is 14.2 Å². The predicted molar refractivity (Wildman–Crippen MR) is 101 cm³/mol. The molecule has 1 N–H and O–H groups in total. The van der Waals surface area contributed by atoms with Crippen LogP contribution in [0.2, 0.25) is 0 Å². The molecule has 3 heterocycles. The van der Waals surface area contributed by atoms with Crippen molar-refractivity contribution in [1.29, 1.82) is 0 Å². The predicted octanol–water partition coefficient (Wildman–Crippen LogP) is 3.48. The fraction of sp³-hybridized carbons (Fsp3) is 0.316. The molecule has 0 amide bonds. The van der Waals surface area contributed by atoms with Crippen LogP contribution in [0.3, 0.4) is 0 Å². The van der Waals surface area contributed by atoms with Gasteiger partial charge in [-0.1, -0.05) is 19.1 Å².